The molecule has 2 aliphatic rings. The Hall–Kier alpha value is -2.26. The molecule has 1 heterocycles. The fourth-order valence-electron chi connectivity index (χ4n) is 4.19. The number of nitrogens with zero attached hydrogens (tertiary/aromatic N) is 1. The largest absolute Gasteiger partial charge is 0.447 e. The van der Waals surface area contributed by atoms with Gasteiger partial charge in [-0.05, 0) is 85.3 Å². The van der Waals surface area contributed by atoms with Gasteiger partial charge in [0.05, 0.1) is 16.0 Å². The smallest absolute Gasteiger partial charge is 0.412 e. The number of benzene rings is 1. The number of aromatic nitrogens is 1. The van der Waals surface area contributed by atoms with E-state index in [0.717, 1.165) is 51.7 Å². The second kappa shape index (κ2) is 11.4. The lowest BCUT2D eigenvalue weighted by Gasteiger charge is -2.28. The van der Waals surface area contributed by atoms with Gasteiger partial charge in [0.15, 0.2) is 0 Å². The van der Waals surface area contributed by atoms with Crippen LogP contribution in [-0.4, -0.2) is 40.2 Å². The molecule has 1 aromatic heterocycles. The summed E-state index contributed by atoms with van der Waals surface area (Å²) in [5.74, 6) is 0.413. The number of hydrogen-bond donors (Lipinski definition) is 2. The molecule has 2 amide bonds. The zero-order valence-corrected chi connectivity index (χ0v) is 23.4. The second-order valence-corrected chi connectivity index (χ2v) is 13.3. The van der Waals surface area contributed by atoms with Crippen LogP contribution in [0.5, 0.6) is 0 Å². The zero-order valence-electron chi connectivity index (χ0n) is 21.8. The molecule has 0 radical (unpaired) electrons. The number of rotatable bonds is 7. The highest BCUT2D eigenvalue weighted by Crippen LogP contribution is 2.46. The summed E-state index contributed by atoms with van der Waals surface area (Å²) in [6.45, 7) is 9.28. The van der Waals surface area contributed by atoms with Gasteiger partial charge in [-0.25, -0.2) is 14.6 Å². The molecule has 1 aromatic carbocycles. The van der Waals surface area contributed by atoms with Crippen LogP contribution in [0.1, 0.15) is 84.1 Å². The van der Waals surface area contributed by atoms with Gasteiger partial charge in [-0.2, -0.15) is 0 Å². The van der Waals surface area contributed by atoms with Crippen LogP contribution in [-0.2, 0) is 9.47 Å². The number of thiazole rings is 1. The van der Waals surface area contributed by atoms with Crippen LogP contribution in [0, 0.1) is 0 Å². The molecular formula is C27H37N3O4S2. The first-order valence-corrected chi connectivity index (χ1v) is 14.5. The van der Waals surface area contributed by atoms with Crippen molar-refractivity contribution in [2.45, 2.75) is 107 Å². The average molecular weight is 532 g/mol. The van der Waals surface area contributed by atoms with Crippen LogP contribution in [0.3, 0.4) is 0 Å². The van der Waals surface area contributed by atoms with Gasteiger partial charge >= 0.3 is 12.2 Å². The highest BCUT2D eigenvalue weighted by Gasteiger charge is 2.28. The molecule has 0 spiro atoms. The molecule has 2 saturated carbocycles. The Labute approximate surface area is 222 Å². The van der Waals surface area contributed by atoms with E-state index in [9.17, 15) is 9.59 Å². The summed E-state index contributed by atoms with van der Waals surface area (Å²) in [4.78, 5) is 31.3. The predicted molar refractivity (Wildman–Crippen MR) is 146 cm³/mol. The van der Waals surface area contributed by atoms with Crippen molar-refractivity contribution in [1.29, 1.82) is 0 Å². The summed E-state index contributed by atoms with van der Waals surface area (Å²) in [7, 11) is 0. The molecular weight excluding hydrogens is 494 g/mol. The molecule has 7 nitrogen and oxygen atoms in total. The Balaban J connectivity index is 1.41. The van der Waals surface area contributed by atoms with Gasteiger partial charge in [0.1, 0.15) is 5.60 Å². The van der Waals surface area contributed by atoms with Crippen molar-refractivity contribution in [3.63, 3.8) is 0 Å². The maximum absolute atomic E-state index is 12.3. The van der Waals surface area contributed by atoms with Crippen LogP contribution < -0.4 is 10.6 Å². The van der Waals surface area contributed by atoms with Crippen LogP contribution in [0.15, 0.2) is 29.3 Å². The molecule has 36 heavy (non-hydrogen) atoms. The SMILES string of the molecule is CC(C)OC(=O)N[C@H]1CC[C@H](c2ncc(-c3ccc(NC(=O)OC(C)(C)C)cc3SC3CC3)s2)CC1. The molecule has 9 heteroatoms. The summed E-state index contributed by atoms with van der Waals surface area (Å²) in [5.41, 5.74) is 1.36. The number of carbonyl (C=O) groups excluding carboxylic acids is 2. The number of alkyl carbamates (subject to hydrolysis) is 1. The van der Waals surface area contributed by atoms with Gasteiger partial charge in [-0.1, -0.05) is 6.07 Å². The number of amides is 2. The Morgan fingerprint density at radius 2 is 1.81 bits per heavy atom. The minimum absolute atomic E-state index is 0.111. The first-order valence-electron chi connectivity index (χ1n) is 12.8. The first-order chi connectivity index (χ1) is 17.1. The molecule has 2 N–H and O–H groups in total. The van der Waals surface area contributed by atoms with Crippen molar-refractivity contribution < 1.29 is 19.1 Å². The summed E-state index contributed by atoms with van der Waals surface area (Å²) in [5, 5.41) is 7.66. The van der Waals surface area contributed by atoms with E-state index >= 15 is 0 Å². The third-order valence-corrected chi connectivity index (χ3v) is 8.56. The number of carbonyl (C=O) groups is 2. The standard InChI is InChI=1S/C27H37N3O4S2/c1-16(2)33-25(31)29-18-8-6-17(7-9-18)24-28-15-23(36-24)21-13-10-19(14-22(21)35-20-11-12-20)30-26(32)34-27(3,4)5/h10,13-18,20H,6-9,11-12H2,1-5H3,(H,29,31)(H,30,32)/t17-,18-. The maximum atomic E-state index is 12.3. The monoisotopic (exact) mass is 531 g/mol. The number of hydrogen-bond acceptors (Lipinski definition) is 7. The highest BCUT2D eigenvalue weighted by molar-refractivity contribution is 8.00. The van der Waals surface area contributed by atoms with Crippen LogP contribution in [0.4, 0.5) is 15.3 Å². The number of anilines is 1. The number of thioether (sulfide) groups is 1. The molecule has 2 fully saturated rings. The molecule has 2 aliphatic carbocycles. The zero-order chi connectivity index (χ0) is 25.9. The van der Waals surface area contributed by atoms with Crippen LogP contribution in [0.25, 0.3) is 10.4 Å². The Morgan fingerprint density at radius 3 is 2.44 bits per heavy atom. The lowest BCUT2D eigenvalue weighted by atomic mass is 9.86. The van der Waals surface area contributed by atoms with Crippen molar-refractivity contribution in [2.75, 3.05) is 5.32 Å². The molecule has 0 bridgehead atoms. The molecule has 0 saturated heterocycles. The quantitative estimate of drug-likeness (QED) is 0.383. The van der Waals surface area contributed by atoms with Gasteiger partial charge in [0, 0.05) is 39.6 Å². The summed E-state index contributed by atoms with van der Waals surface area (Å²) in [6.07, 6.45) is 7.42. The number of nitrogens with one attached hydrogen (secondary N) is 2. The van der Waals surface area contributed by atoms with Crippen molar-refractivity contribution in [2.24, 2.45) is 0 Å². The fourth-order valence-corrected chi connectivity index (χ4v) is 6.61. The molecule has 0 atom stereocenters. The lowest BCUT2D eigenvalue weighted by molar-refractivity contribution is 0.0635. The Kier molecular flexibility index (Phi) is 8.50. The van der Waals surface area contributed by atoms with Gasteiger partial charge in [0.2, 0.25) is 0 Å². The van der Waals surface area contributed by atoms with Crippen LogP contribution in [0.2, 0.25) is 0 Å². The van der Waals surface area contributed by atoms with E-state index in [2.05, 4.69) is 22.8 Å². The van der Waals surface area contributed by atoms with E-state index in [1.54, 1.807) is 11.3 Å². The van der Waals surface area contributed by atoms with Gasteiger partial charge in [0.25, 0.3) is 0 Å². The van der Waals surface area contributed by atoms with E-state index in [1.165, 1.54) is 12.8 Å². The number of ether oxygens (including phenoxy) is 2. The molecule has 2 aromatic rings. The molecule has 0 unspecified atom stereocenters. The first kappa shape index (κ1) is 26.8. The fraction of sp³-hybridized carbons (Fsp3) is 0.593. The summed E-state index contributed by atoms with van der Waals surface area (Å²) < 4.78 is 10.6. The highest BCUT2D eigenvalue weighted by atomic mass is 32.2. The second-order valence-electron chi connectivity index (χ2n) is 10.9. The van der Waals surface area contributed by atoms with Crippen LogP contribution >= 0.6 is 23.1 Å². The summed E-state index contributed by atoms with van der Waals surface area (Å²) in [6, 6.07) is 6.23. The molecule has 4 rings (SSSR count). The van der Waals surface area contributed by atoms with E-state index in [-0.39, 0.29) is 18.2 Å². The van der Waals surface area contributed by atoms with Crippen molar-refractivity contribution in [1.82, 2.24) is 10.3 Å². The average Bonchev–Trinajstić information content (AvgIpc) is 3.45. The van der Waals surface area contributed by atoms with E-state index < -0.39 is 11.7 Å². The summed E-state index contributed by atoms with van der Waals surface area (Å²) >= 11 is 3.63. The Bertz CT molecular complexity index is 1070. The van der Waals surface area contributed by atoms with Gasteiger partial charge < -0.3 is 14.8 Å². The molecule has 196 valence electrons. The van der Waals surface area contributed by atoms with Crippen molar-refractivity contribution in [3.8, 4) is 10.4 Å². The Morgan fingerprint density at radius 1 is 1.08 bits per heavy atom. The normalized spacial score (nSPS) is 20.2. The minimum atomic E-state index is -0.540. The van der Waals surface area contributed by atoms with Gasteiger partial charge in [-0.3, -0.25) is 5.32 Å². The molecule has 0 aliphatic heterocycles. The minimum Gasteiger partial charge on any atom is -0.447 e. The van der Waals surface area contributed by atoms with Gasteiger partial charge in [-0.15, -0.1) is 23.1 Å². The predicted octanol–water partition coefficient (Wildman–Crippen LogP) is 7.57. The van der Waals surface area contributed by atoms with Crippen molar-refractivity contribution >= 4 is 41.0 Å². The van der Waals surface area contributed by atoms with E-state index in [1.807, 2.05) is 58.6 Å². The van der Waals surface area contributed by atoms with E-state index in [0.29, 0.717) is 11.2 Å². The third-order valence-electron chi connectivity index (χ3n) is 5.98. The lowest BCUT2D eigenvalue weighted by Crippen LogP contribution is -2.38. The van der Waals surface area contributed by atoms with Crippen molar-refractivity contribution in [3.05, 3.63) is 29.4 Å². The topological polar surface area (TPSA) is 89.5 Å². The van der Waals surface area contributed by atoms with E-state index in [4.69, 9.17) is 14.5 Å². The maximum Gasteiger partial charge on any atom is 0.412 e. The third kappa shape index (κ3) is 7.87.